The molecule has 0 aromatic heterocycles. The lowest BCUT2D eigenvalue weighted by Gasteiger charge is -2.10. The summed E-state index contributed by atoms with van der Waals surface area (Å²) in [5, 5.41) is 23.9. The van der Waals surface area contributed by atoms with Crippen LogP contribution < -0.4 is 10.6 Å². The molecule has 1 amide bonds. The normalized spacial score (nSPS) is 12.4. The first-order chi connectivity index (χ1) is 9.08. The number of hydrogen-bond donors (Lipinski definition) is 3. The van der Waals surface area contributed by atoms with Crippen molar-refractivity contribution in [3.05, 3.63) is 36.0 Å². The number of nitriles is 1. The summed E-state index contributed by atoms with van der Waals surface area (Å²) < 4.78 is 0. The van der Waals surface area contributed by atoms with Crippen molar-refractivity contribution in [2.75, 3.05) is 5.32 Å². The summed E-state index contributed by atoms with van der Waals surface area (Å²) in [5.41, 5.74) is 0.398. The zero-order valence-corrected chi connectivity index (χ0v) is 11.0. The van der Waals surface area contributed by atoms with Crippen molar-refractivity contribution in [1.29, 1.82) is 5.26 Å². The van der Waals surface area contributed by atoms with Gasteiger partial charge in [0.25, 0.3) is 5.91 Å². The summed E-state index contributed by atoms with van der Waals surface area (Å²) in [4.78, 5) is 11.7. The second kappa shape index (κ2) is 7.07. The van der Waals surface area contributed by atoms with E-state index in [0.29, 0.717) is 5.69 Å². The number of nitrogens with one attached hydrogen (secondary N) is 2. The quantitative estimate of drug-likeness (QED) is 0.429. The van der Waals surface area contributed by atoms with E-state index in [4.69, 9.17) is 5.26 Å². The van der Waals surface area contributed by atoms with Crippen molar-refractivity contribution < 1.29 is 9.90 Å². The first-order valence-corrected chi connectivity index (χ1v) is 6.04. The standard InChI is InChI=1S/C14H17N3O2/c1-3-10(2)17-14(19)11(8-15)9-16-12-6-4-5-7-13(12)18/h4-7,9-10,16,18H,3H2,1-2H3,(H,17,19)/b11-9-. The molecule has 0 heterocycles. The highest BCUT2D eigenvalue weighted by Crippen LogP contribution is 2.21. The molecule has 1 aromatic rings. The lowest BCUT2D eigenvalue weighted by molar-refractivity contribution is -0.117. The van der Waals surface area contributed by atoms with Crippen molar-refractivity contribution in [1.82, 2.24) is 5.32 Å². The smallest absolute Gasteiger partial charge is 0.263 e. The number of para-hydroxylation sites is 2. The fourth-order valence-corrected chi connectivity index (χ4v) is 1.30. The van der Waals surface area contributed by atoms with Gasteiger partial charge in [-0.2, -0.15) is 5.26 Å². The average molecular weight is 259 g/mol. The van der Waals surface area contributed by atoms with Gasteiger partial charge in [0.2, 0.25) is 0 Å². The largest absolute Gasteiger partial charge is 0.506 e. The summed E-state index contributed by atoms with van der Waals surface area (Å²) >= 11 is 0. The number of carbonyl (C=O) groups is 1. The van der Waals surface area contributed by atoms with Crippen LogP contribution in [-0.4, -0.2) is 17.1 Å². The molecule has 0 aliphatic heterocycles. The summed E-state index contributed by atoms with van der Waals surface area (Å²) in [5.74, 6) is -0.377. The molecular weight excluding hydrogens is 242 g/mol. The fraction of sp³-hybridized carbons (Fsp3) is 0.286. The zero-order valence-electron chi connectivity index (χ0n) is 11.0. The molecule has 19 heavy (non-hydrogen) atoms. The molecule has 0 spiro atoms. The predicted octanol–water partition coefficient (Wildman–Crippen LogP) is 2.13. The van der Waals surface area contributed by atoms with Crippen LogP contribution in [0, 0.1) is 11.3 Å². The fourth-order valence-electron chi connectivity index (χ4n) is 1.30. The Morgan fingerprint density at radius 3 is 2.79 bits per heavy atom. The topological polar surface area (TPSA) is 85.2 Å². The van der Waals surface area contributed by atoms with E-state index in [0.717, 1.165) is 6.42 Å². The third-order valence-corrected chi connectivity index (χ3v) is 2.63. The van der Waals surface area contributed by atoms with Crippen LogP contribution in [0.1, 0.15) is 20.3 Å². The van der Waals surface area contributed by atoms with Crippen molar-refractivity contribution in [2.45, 2.75) is 26.3 Å². The molecule has 5 nitrogen and oxygen atoms in total. The minimum atomic E-state index is -0.431. The van der Waals surface area contributed by atoms with Crippen molar-refractivity contribution in [2.24, 2.45) is 0 Å². The highest BCUT2D eigenvalue weighted by molar-refractivity contribution is 5.97. The maximum Gasteiger partial charge on any atom is 0.263 e. The van der Waals surface area contributed by atoms with Gasteiger partial charge in [0.05, 0.1) is 5.69 Å². The SMILES string of the molecule is CCC(C)NC(=O)/C(C#N)=C\Nc1ccccc1O. The van der Waals surface area contributed by atoms with E-state index in [-0.39, 0.29) is 17.4 Å². The van der Waals surface area contributed by atoms with Crippen LogP contribution in [0.15, 0.2) is 36.0 Å². The van der Waals surface area contributed by atoms with Gasteiger partial charge in [0.1, 0.15) is 17.4 Å². The molecule has 1 aromatic carbocycles. The van der Waals surface area contributed by atoms with E-state index >= 15 is 0 Å². The van der Waals surface area contributed by atoms with Gasteiger partial charge in [0.15, 0.2) is 0 Å². The minimum absolute atomic E-state index is 0.00868. The number of aromatic hydroxyl groups is 1. The van der Waals surface area contributed by atoms with Crippen molar-refractivity contribution >= 4 is 11.6 Å². The number of carbonyl (C=O) groups excluding carboxylic acids is 1. The Morgan fingerprint density at radius 1 is 1.53 bits per heavy atom. The first-order valence-electron chi connectivity index (χ1n) is 6.04. The number of benzene rings is 1. The highest BCUT2D eigenvalue weighted by atomic mass is 16.3. The summed E-state index contributed by atoms with van der Waals surface area (Å²) in [6, 6.07) is 8.42. The zero-order chi connectivity index (χ0) is 14.3. The molecule has 0 aliphatic rings. The molecule has 0 saturated carbocycles. The van der Waals surface area contributed by atoms with Crippen molar-refractivity contribution in [3.63, 3.8) is 0 Å². The first kappa shape index (κ1) is 14.6. The van der Waals surface area contributed by atoms with Gasteiger partial charge in [0, 0.05) is 12.2 Å². The van der Waals surface area contributed by atoms with Crippen LogP contribution in [0.2, 0.25) is 0 Å². The molecular formula is C14H17N3O2. The molecule has 0 saturated heterocycles. The van der Waals surface area contributed by atoms with Crippen LogP contribution in [0.5, 0.6) is 5.75 Å². The number of phenols is 1. The molecule has 0 aliphatic carbocycles. The van der Waals surface area contributed by atoms with Gasteiger partial charge >= 0.3 is 0 Å². The van der Waals surface area contributed by atoms with Crippen LogP contribution >= 0.6 is 0 Å². The van der Waals surface area contributed by atoms with Gasteiger partial charge in [-0.05, 0) is 25.5 Å². The summed E-state index contributed by atoms with van der Waals surface area (Å²) in [6.07, 6.45) is 2.07. The molecule has 5 heteroatoms. The second-order valence-electron chi connectivity index (χ2n) is 4.11. The van der Waals surface area contributed by atoms with E-state index < -0.39 is 5.91 Å². The molecule has 1 rings (SSSR count). The Morgan fingerprint density at radius 2 is 2.21 bits per heavy atom. The van der Waals surface area contributed by atoms with Gasteiger partial charge in [-0.3, -0.25) is 4.79 Å². The van der Waals surface area contributed by atoms with Gasteiger partial charge in [-0.1, -0.05) is 19.1 Å². The number of hydrogen-bond acceptors (Lipinski definition) is 4. The van der Waals surface area contributed by atoms with E-state index in [1.165, 1.54) is 12.3 Å². The summed E-state index contributed by atoms with van der Waals surface area (Å²) in [7, 11) is 0. The van der Waals surface area contributed by atoms with E-state index in [1.807, 2.05) is 19.9 Å². The van der Waals surface area contributed by atoms with Gasteiger partial charge in [-0.25, -0.2) is 0 Å². The molecule has 1 unspecified atom stereocenters. The van der Waals surface area contributed by atoms with Crippen LogP contribution in [0.25, 0.3) is 0 Å². The minimum Gasteiger partial charge on any atom is -0.506 e. The number of anilines is 1. The molecule has 0 bridgehead atoms. The monoisotopic (exact) mass is 259 g/mol. The van der Waals surface area contributed by atoms with E-state index in [2.05, 4.69) is 10.6 Å². The Labute approximate surface area is 112 Å². The van der Waals surface area contributed by atoms with E-state index in [9.17, 15) is 9.90 Å². The third kappa shape index (κ3) is 4.36. The Hall–Kier alpha value is -2.48. The Kier molecular flexibility index (Phi) is 5.42. The van der Waals surface area contributed by atoms with Gasteiger partial charge in [-0.15, -0.1) is 0 Å². The molecule has 0 fully saturated rings. The molecule has 0 radical (unpaired) electrons. The van der Waals surface area contributed by atoms with Crippen LogP contribution in [-0.2, 0) is 4.79 Å². The maximum atomic E-state index is 11.7. The van der Waals surface area contributed by atoms with Gasteiger partial charge < -0.3 is 15.7 Å². The Balaban J connectivity index is 2.76. The third-order valence-electron chi connectivity index (χ3n) is 2.63. The average Bonchev–Trinajstić information content (AvgIpc) is 2.41. The number of nitrogens with zero attached hydrogens (tertiary/aromatic N) is 1. The van der Waals surface area contributed by atoms with Crippen LogP contribution in [0.3, 0.4) is 0 Å². The molecule has 1 atom stereocenters. The highest BCUT2D eigenvalue weighted by Gasteiger charge is 2.11. The lowest BCUT2D eigenvalue weighted by atomic mass is 10.2. The molecule has 100 valence electrons. The molecule has 3 N–H and O–H groups in total. The second-order valence-corrected chi connectivity index (χ2v) is 4.11. The predicted molar refractivity (Wildman–Crippen MR) is 73.3 cm³/mol. The summed E-state index contributed by atoms with van der Waals surface area (Å²) in [6.45, 7) is 3.81. The number of amides is 1. The van der Waals surface area contributed by atoms with E-state index in [1.54, 1.807) is 18.2 Å². The number of rotatable bonds is 5. The lowest BCUT2D eigenvalue weighted by Crippen LogP contribution is -2.33. The maximum absolute atomic E-state index is 11.7. The van der Waals surface area contributed by atoms with Crippen molar-refractivity contribution in [3.8, 4) is 11.8 Å². The number of phenolic OH excluding ortho intramolecular Hbond substituents is 1. The van der Waals surface area contributed by atoms with Crippen LogP contribution in [0.4, 0.5) is 5.69 Å². The Bertz CT molecular complexity index is 518.